The molecular weight excluding hydrogens is 323 g/mol. The largest absolute Gasteiger partial charge is 1.00 e. The number of benzene rings is 3. The van der Waals surface area contributed by atoms with Crippen molar-refractivity contribution in [2.24, 2.45) is 0 Å². The zero-order valence-electron chi connectivity index (χ0n) is 13.1. The Morgan fingerprint density at radius 2 is 0.783 bits per heavy atom. The number of hydrogen-bond donors (Lipinski definition) is 0. The third-order valence-electron chi connectivity index (χ3n) is 3.82. The van der Waals surface area contributed by atoms with Gasteiger partial charge in [0.05, 0.1) is 6.66 Å². The van der Waals surface area contributed by atoms with E-state index in [1.54, 1.807) is 0 Å². The van der Waals surface area contributed by atoms with Crippen LogP contribution in [0.2, 0.25) is 0 Å². The third-order valence-corrected chi connectivity index (χ3v) is 7.81. The van der Waals surface area contributed by atoms with Gasteiger partial charge in [-0.1, -0.05) is 54.6 Å². The minimum absolute atomic E-state index is 0. The summed E-state index contributed by atoms with van der Waals surface area (Å²) in [6.45, 7) is 4.41. The van der Waals surface area contributed by atoms with Gasteiger partial charge in [0.25, 0.3) is 0 Å². The van der Waals surface area contributed by atoms with E-state index in [9.17, 15) is 0 Å². The first-order valence-electron chi connectivity index (χ1n) is 7.14. The SMILES string of the molecule is C=O.C[P+](c1ccccc1)(c1ccccc1)c1ccccc1.[Cl-]. The first-order chi connectivity index (χ1) is 10.8. The highest BCUT2D eigenvalue weighted by atomic mass is 35.5. The van der Waals surface area contributed by atoms with E-state index >= 15 is 0 Å². The summed E-state index contributed by atoms with van der Waals surface area (Å²) in [4.78, 5) is 8.00. The molecule has 0 heterocycles. The van der Waals surface area contributed by atoms with Gasteiger partial charge >= 0.3 is 0 Å². The van der Waals surface area contributed by atoms with Crippen LogP contribution in [0.4, 0.5) is 0 Å². The molecule has 0 aliphatic heterocycles. The number of hydrogen-bond acceptors (Lipinski definition) is 1. The molecule has 0 radical (unpaired) electrons. The van der Waals surface area contributed by atoms with Crippen molar-refractivity contribution in [3.8, 4) is 0 Å². The molecule has 23 heavy (non-hydrogen) atoms. The van der Waals surface area contributed by atoms with Gasteiger partial charge < -0.3 is 17.2 Å². The molecule has 0 aliphatic rings. The van der Waals surface area contributed by atoms with Crippen LogP contribution in [0.3, 0.4) is 0 Å². The van der Waals surface area contributed by atoms with Crippen LogP contribution < -0.4 is 28.3 Å². The lowest BCUT2D eigenvalue weighted by Gasteiger charge is -2.22. The van der Waals surface area contributed by atoms with Crippen molar-refractivity contribution in [1.29, 1.82) is 0 Å². The fourth-order valence-electron chi connectivity index (χ4n) is 2.63. The van der Waals surface area contributed by atoms with E-state index in [1.165, 1.54) is 15.9 Å². The number of carbonyl (C=O) groups excluding carboxylic acids is 1. The highest BCUT2D eigenvalue weighted by molar-refractivity contribution is 7.95. The monoisotopic (exact) mass is 342 g/mol. The van der Waals surface area contributed by atoms with Crippen LogP contribution in [-0.2, 0) is 4.79 Å². The van der Waals surface area contributed by atoms with Gasteiger partial charge in [-0.15, -0.1) is 0 Å². The Kier molecular flexibility index (Phi) is 7.68. The lowest BCUT2D eigenvalue weighted by molar-refractivity contribution is -0.0980. The molecule has 0 bridgehead atoms. The van der Waals surface area contributed by atoms with Gasteiger partial charge in [-0.25, -0.2) is 0 Å². The smallest absolute Gasteiger partial charge is 0.109 e. The Labute approximate surface area is 145 Å². The van der Waals surface area contributed by atoms with Crippen LogP contribution in [0.25, 0.3) is 0 Å². The van der Waals surface area contributed by atoms with Crippen molar-refractivity contribution in [3.63, 3.8) is 0 Å². The molecule has 0 aromatic heterocycles. The summed E-state index contributed by atoms with van der Waals surface area (Å²) >= 11 is 0. The molecule has 3 aromatic rings. The molecule has 0 saturated heterocycles. The van der Waals surface area contributed by atoms with Crippen LogP contribution in [0.5, 0.6) is 0 Å². The predicted molar refractivity (Wildman–Crippen MR) is 98.2 cm³/mol. The molecule has 0 fully saturated rings. The molecule has 0 amide bonds. The van der Waals surface area contributed by atoms with Crippen LogP contribution in [0.15, 0.2) is 91.0 Å². The molecule has 0 N–H and O–H groups in total. The summed E-state index contributed by atoms with van der Waals surface area (Å²) in [6, 6.07) is 32.6. The summed E-state index contributed by atoms with van der Waals surface area (Å²) in [7, 11) is -1.53. The fraction of sp³-hybridized carbons (Fsp3) is 0.0500. The first kappa shape index (κ1) is 19.1. The van der Waals surface area contributed by atoms with Gasteiger partial charge in [-0.2, -0.15) is 0 Å². The summed E-state index contributed by atoms with van der Waals surface area (Å²) in [6.07, 6.45) is 0. The maximum Gasteiger partial charge on any atom is 0.109 e. The third kappa shape index (κ3) is 4.07. The Morgan fingerprint density at radius 1 is 0.565 bits per heavy atom. The van der Waals surface area contributed by atoms with Crippen molar-refractivity contribution in [2.75, 3.05) is 6.66 Å². The van der Waals surface area contributed by atoms with Gasteiger partial charge in [0.2, 0.25) is 0 Å². The van der Waals surface area contributed by atoms with E-state index in [4.69, 9.17) is 4.79 Å². The highest BCUT2D eigenvalue weighted by Crippen LogP contribution is 2.51. The minimum Gasteiger partial charge on any atom is -1.00 e. The van der Waals surface area contributed by atoms with E-state index < -0.39 is 7.26 Å². The second-order valence-electron chi connectivity index (χ2n) is 5.01. The lowest BCUT2D eigenvalue weighted by atomic mass is 10.4. The number of carbonyl (C=O) groups is 1. The predicted octanol–water partition coefficient (Wildman–Crippen LogP) is 0.429. The van der Waals surface area contributed by atoms with Crippen molar-refractivity contribution < 1.29 is 17.2 Å². The lowest BCUT2D eigenvalue weighted by Crippen LogP contribution is -3.00. The fourth-order valence-corrected chi connectivity index (χ4v) is 5.83. The summed E-state index contributed by atoms with van der Waals surface area (Å²) in [5, 5.41) is 4.28. The molecule has 3 rings (SSSR count). The summed E-state index contributed by atoms with van der Waals surface area (Å²) in [5.41, 5.74) is 0. The van der Waals surface area contributed by atoms with Gasteiger partial charge in [-0.05, 0) is 36.4 Å². The van der Waals surface area contributed by atoms with Crippen molar-refractivity contribution in [2.45, 2.75) is 0 Å². The molecular formula is C20H20ClOP. The maximum absolute atomic E-state index is 8.00. The topological polar surface area (TPSA) is 17.1 Å². The van der Waals surface area contributed by atoms with Crippen molar-refractivity contribution in [1.82, 2.24) is 0 Å². The molecule has 118 valence electrons. The van der Waals surface area contributed by atoms with Gasteiger partial charge in [-0.3, -0.25) is 0 Å². The Hall–Kier alpha value is -1.95. The average Bonchev–Trinajstić information content (AvgIpc) is 2.65. The number of rotatable bonds is 3. The Bertz CT molecular complexity index is 590. The molecule has 0 aliphatic carbocycles. The molecule has 3 aromatic carbocycles. The second kappa shape index (κ2) is 9.25. The maximum atomic E-state index is 8.00. The zero-order chi connectivity index (χ0) is 15.8. The molecule has 0 atom stereocenters. The highest BCUT2D eigenvalue weighted by Gasteiger charge is 2.39. The molecule has 0 spiro atoms. The Balaban J connectivity index is 0.000000849. The van der Waals surface area contributed by atoms with E-state index in [0.717, 1.165) is 0 Å². The van der Waals surface area contributed by atoms with Crippen LogP contribution >= 0.6 is 7.26 Å². The van der Waals surface area contributed by atoms with E-state index in [2.05, 4.69) is 97.7 Å². The van der Waals surface area contributed by atoms with Gasteiger partial charge in [0, 0.05) is 0 Å². The van der Waals surface area contributed by atoms with Gasteiger partial charge in [0.1, 0.15) is 30.0 Å². The molecule has 0 unspecified atom stereocenters. The summed E-state index contributed by atoms with van der Waals surface area (Å²) < 4.78 is 0. The molecule has 0 saturated carbocycles. The molecule has 1 nitrogen and oxygen atoms in total. The zero-order valence-corrected chi connectivity index (χ0v) is 14.8. The summed E-state index contributed by atoms with van der Waals surface area (Å²) in [5.74, 6) is 0. The van der Waals surface area contributed by atoms with Crippen LogP contribution in [-0.4, -0.2) is 13.5 Å². The molecule has 3 heteroatoms. The van der Waals surface area contributed by atoms with Crippen molar-refractivity contribution >= 4 is 30.0 Å². The van der Waals surface area contributed by atoms with Crippen LogP contribution in [0.1, 0.15) is 0 Å². The standard InChI is InChI=1S/C19H18P.CH2O.ClH/c1-20(17-11-5-2-6-12-17,18-13-7-3-8-14-18)19-15-9-4-10-16-19;1-2;/h2-16H,1H3;1H2;1H/q+1;;/p-1. The van der Waals surface area contributed by atoms with E-state index in [0.29, 0.717) is 0 Å². The number of halogens is 1. The average molecular weight is 343 g/mol. The van der Waals surface area contributed by atoms with Crippen molar-refractivity contribution in [3.05, 3.63) is 91.0 Å². The first-order valence-corrected chi connectivity index (χ1v) is 9.37. The second-order valence-corrected chi connectivity index (χ2v) is 8.57. The quantitative estimate of drug-likeness (QED) is 0.631. The van der Waals surface area contributed by atoms with E-state index in [1.807, 2.05) is 6.79 Å². The van der Waals surface area contributed by atoms with Crippen LogP contribution in [0, 0.1) is 0 Å². The van der Waals surface area contributed by atoms with Gasteiger partial charge in [0.15, 0.2) is 0 Å². The minimum atomic E-state index is -1.53. The Morgan fingerprint density at radius 3 is 1.00 bits per heavy atom. The van der Waals surface area contributed by atoms with E-state index in [-0.39, 0.29) is 12.4 Å². The normalized spacial score (nSPS) is 9.96.